The van der Waals surface area contributed by atoms with Crippen LogP contribution in [0.15, 0.2) is 0 Å². The molecule has 0 rings (SSSR count). The third-order valence-electron chi connectivity index (χ3n) is 4.30. The largest absolute Gasteiger partial charge is 0.464 e. The van der Waals surface area contributed by atoms with Gasteiger partial charge in [0, 0.05) is 0 Å². The number of hydrogen-bond donors (Lipinski definition) is 1. The predicted molar refractivity (Wildman–Crippen MR) is 111 cm³/mol. The van der Waals surface area contributed by atoms with Gasteiger partial charge in [0.15, 0.2) is 0 Å². The molecule has 27 heavy (non-hydrogen) atoms. The Morgan fingerprint density at radius 1 is 0.815 bits per heavy atom. The Morgan fingerprint density at radius 3 is 1.93 bits per heavy atom. The van der Waals surface area contributed by atoms with Crippen molar-refractivity contribution in [3.05, 3.63) is 0 Å². The minimum absolute atomic E-state index is 0.104. The molecule has 5 nitrogen and oxygen atoms in total. The van der Waals surface area contributed by atoms with Gasteiger partial charge in [-0.1, -0.05) is 92.4 Å². The van der Waals surface area contributed by atoms with Crippen LogP contribution in [0.4, 0.5) is 4.79 Å². The summed E-state index contributed by atoms with van der Waals surface area (Å²) in [5.74, 6) is -0.348. The predicted octanol–water partition coefficient (Wildman–Crippen LogP) is 6.00. The molecule has 0 spiro atoms. The zero-order valence-corrected chi connectivity index (χ0v) is 18.4. The van der Waals surface area contributed by atoms with Crippen molar-refractivity contribution >= 4 is 12.1 Å². The van der Waals surface area contributed by atoms with Gasteiger partial charge in [-0.05, 0) is 18.3 Å². The van der Waals surface area contributed by atoms with E-state index in [1.54, 1.807) is 0 Å². The Balaban J connectivity index is 4.06. The molecular formula is C22H43NO4. The first-order valence-corrected chi connectivity index (χ1v) is 10.9. The summed E-state index contributed by atoms with van der Waals surface area (Å²) in [6.45, 7) is 11.0. The highest BCUT2D eigenvalue weighted by Crippen LogP contribution is 2.13. The number of alkyl carbamates (subject to hydrolysis) is 1. The summed E-state index contributed by atoms with van der Waals surface area (Å²) >= 11 is 0. The van der Waals surface area contributed by atoms with Gasteiger partial charge in [-0.25, -0.2) is 9.59 Å². The van der Waals surface area contributed by atoms with Crippen molar-refractivity contribution in [2.75, 3.05) is 13.2 Å². The number of hydrogen-bond acceptors (Lipinski definition) is 4. The van der Waals surface area contributed by atoms with Gasteiger partial charge >= 0.3 is 12.1 Å². The molecule has 0 aromatic heterocycles. The molecule has 0 heterocycles. The Morgan fingerprint density at radius 2 is 1.37 bits per heavy atom. The second kappa shape index (κ2) is 15.8. The van der Waals surface area contributed by atoms with E-state index in [4.69, 9.17) is 9.47 Å². The van der Waals surface area contributed by atoms with E-state index in [0.717, 1.165) is 25.7 Å². The second-order valence-corrected chi connectivity index (χ2v) is 8.62. The van der Waals surface area contributed by atoms with Crippen LogP contribution in [0, 0.1) is 5.41 Å². The number of nitrogens with one attached hydrogen (secondary N) is 1. The molecule has 0 saturated carbocycles. The van der Waals surface area contributed by atoms with Gasteiger partial charge in [0.2, 0.25) is 0 Å². The average molecular weight is 386 g/mol. The van der Waals surface area contributed by atoms with Crippen LogP contribution in [-0.4, -0.2) is 31.3 Å². The zero-order valence-electron chi connectivity index (χ0n) is 18.4. The molecule has 0 radical (unpaired) electrons. The second-order valence-electron chi connectivity index (χ2n) is 8.62. The van der Waals surface area contributed by atoms with Gasteiger partial charge in [-0.3, -0.25) is 0 Å². The van der Waals surface area contributed by atoms with Gasteiger partial charge in [0.25, 0.3) is 0 Å². The summed E-state index contributed by atoms with van der Waals surface area (Å²) in [6.07, 6.45) is 11.5. The lowest BCUT2D eigenvalue weighted by molar-refractivity contribution is -0.146. The van der Waals surface area contributed by atoms with Crippen LogP contribution in [0.5, 0.6) is 0 Å². The van der Waals surface area contributed by atoms with E-state index in [1.165, 1.54) is 38.5 Å². The minimum atomic E-state index is -0.619. The first-order chi connectivity index (χ1) is 12.8. The molecule has 1 N–H and O–H groups in total. The number of amides is 1. The summed E-state index contributed by atoms with van der Waals surface area (Å²) in [5, 5.41) is 2.67. The molecule has 0 aliphatic rings. The smallest absolute Gasteiger partial charge is 0.407 e. The maximum Gasteiger partial charge on any atom is 0.407 e. The van der Waals surface area contributed by atoms with E-state index in [1.807, 2.05) is 20.8 Å². The summed E-state index contributed by atoms with van der Waals surface area (Å²) in [6, 6.07) is -0.619. The SMILES string of the molecule is CCCCCCCCCCOC(=O)C(CCCC)NC(=O)OCC(C)(C)C. The molecule has 0 aromatic carbocycles. The monoisotopic (exact) mass is 385 g/mol. The highest BCUT2D eigenvalue weighted by atomic mass is 16.6. The van der Waals surface area contributed by atoms with Crippen molar-refractivity contribution in [1.29, 1.82) is 0 Å². The Bertz CT molecular complexity index is 390. The van der Waals surface area contributed by atoms with Crippen molar-refractivity contribution < 1.29 is 19.1 Å². The lowest BCUT2D eigenvalue weighted by Gasteiger charge is -2.21. The molecule has 0 saturated heterocycles. The van der Waals surface area contributed by atoms with Crippen LogP contribution in [0.3, 0.4) is 0 Å². The van der Waals surface area contributed by atoms with Crippen LogP contribution in [0.2, 0.25) is 0 Å². The molecule has 0 bridgehead atoms. The molecule has 1 unspecified atom stereocenters. The highest BCUT2D eigenvalue weighted by molar-refractivity contribution is 5.81. The van der Waals surface area contributed by atoms with E-state index in [2.05, 4.69) is 19.2 Å². The highest BCUT2D eigenvalue weighted by Gasteiger charge is 2.23. The van der Waals surface area contributed by atoms with Crippen LogP contribution < -0.4 is 5.32 Å². The van der Waals surface area contributed by atoms with E-state index in [0.29, 0.717) is 19.6 Å². The normalized spacial score (nSPS) is 12.5. The third-order valence-corrected chi connectivity index (χ3v) is 4.30. The molecule has 0 aliphatic carbocycles. The van der Waals surface area contributed by atoms with Gasteiger partial charge in [0.1, 0.15) is 6.04 Å². The fourth-order valence-electron chi connectivity index (χ4n) is 2.63. The van der Waals surface area contributed by atoms with Crippen LogP contribution in [-0.2, 0) is 14.3 Å². The van der Waals surface area contributed by atoms with E-state index >= 15 is 0 Å². The lowest BCUT2D eigenvalue weighted by atomic mass is 9.99. The Labute approximate surface area is 167 Å². The molecule has 0 aliphatic heterocycles. The third kappa shape index (κ3) is 16.6. The number of ether oxygens (including phenoxy) is 2. The molecule has 160 valence electrons. The lowest BCUT2D eigenvalue weighted by Crippen LogP contribution is -2.42. The minimum Gasteiger partial charge on any atom is -0.464 e. The maximum atomic E-state index is 12.3. The number of carbonyl (C=O) groups is 2. The molecule has 0 fully saturated rings. The molecule has 5 heteroatoms. The van der Waals surface area contributed by atoms with E-state index in [9.17, 15) is 9.59 Å². The van der Waals surface area contributed by atoms with Gasteiger partial charge in [0.05, 0.1) is 13.2 Å². The van der Waals surface area contributed by atoms with Crippen LogP contribution in [0.1, 0.15) is 105 Å². The zero-order chi connectivity index (χ0) is 20.5. The van der Waals surface area contributed by atoms with Crippen LogP contribution in [0.25, 0.3) is 0 Å². The number of rotatable bonds is 15. The van der Waals surface area contributed by atoms with Gasteiger partial charge < -0.3 is 14.8 Å². The first kappa shape index (κ1) is 25.7. The molecular weight excluding hydrogens is 342 g/mol. The molecule has 1 amide bonds. The van der Waals surface area contributed by atoms with Crippen molar-refractivity contribution in [1.82, 2.24) is 5.32 Å². The Kier molecular flexibility index (Phi) is 15.0. The van der Waals surface area contributed by atoms with Gasteiger partial charge in [-0.2, -0.15) is 0 Å². The van der Waals surface area contributed by atoms with Gasteiger partial charge in [-0.15, -0.1) is 0 Å². The summed E-state index contributed by atoms with van der Waals surface area (Å²) in [7, 11) is 0. The fourth-order valence-corrected chi connectivity index (χ4v) is 2.63. The summed E-state index contributed by atoms with van der Waals surface area (Å²) < 4.78 is 10.6. The summed E-state index contributed by atoms with van der Waals surface area (Å²) in [4.78, 5) is 24.3. The fraction of sp³-hybridized carbons (Fsp3) is 0.909. The van der Waals surface area contributed by atoms with E-state index < -0.39 is 12.1 Å². The van der Waals surface area contributed by atoms with Crippen molar-refractivity contribution in [2.45, 2.75) is 111 Å². The quantitative estimate of drug-likeness (QED) is 0.277. The number of carbonyl (C=O) groups excluding carboxylic acids is 2. The van der Waals surface area contributed by atoms with Crippen molar-refractivity contribution in [3.8, 4) is 0 Å². The molecule has 1 atom stereocenters. The standard InChI is InChI=1S/C22H43NO4/c1-6-8-10-11-12-13-14-15-17-26-20(24)19(16-9-7-2)23-21(25)27-18-22(3,4)5/h19H,6-18H2,1-5H3,(H,23,25). The molecule has 0 aromatic rings. The topological polar surface area (TPSA) is 64.6 Å². The number of unbranched alkanes of at least 4 members (excludes halogenated alkanes) is 8. The number of esters is 1. The van der Waals surface area contributed by atoms with E-state index in [-0.39, 0.29) is 11.4 Å². The van der Waals surface area contributed by atoms with Crippen molar-refractivity contribution in [2.24, 2.45) is 5.41 Å². The van der Waals surface area contributed by atoms with Crippen molar-refractivity contribution in [3.63, 3.8) is 0 Å². The first-order valence-electron chi connectivity index (χ1n) is 10.9. The average Bonchev–Trinajstić information content (AvgIpc) is 2.61. The maximum absolute atomic E-state index is 12.3. The van der Waals surface area contributed by atoms with Crippen LogP contribution >= 0.6 is 0 Å². The summed E-state index contributed by atoms with van der Waals surface area (Å²) in [5.41, 5.74) is -0.104. The Hall–Kier alpha value is -1.26.